The van der Waals surface area contributed by atoms with E-state index in [1.54, 1.807) is 12.4 Å². The Hall–Kier alpha value is -1.46. The number of carbonyl (C=O) groups is 1. The lowest BCUT2D eigenvalue weighted by Crippen LogP contribution is -2.39. The smallest absolute Gasteiger partial charge is 0.293 e. The number of ether oxygens (including phenoxy) is 1. The van der Waals surface area contributed by atoms with Crippen LogP contribution in [0.4, 0.5) is 0 Å². The third-order valence-corrected chi connectivity index (χ3v) is 1.93. The van der Waals surface area contributed by atoms with Gasteiger partial charge in [-0.2, -0.15) is 0 Å². The molecule has 2 heterocycles. The van der Waals surface area contributed by atoms with Crippen LogP contribution in [0.1, 0.15) is 20.8 Å². The van der Waals surface area contributed by atoms with Crippen molar-refractivity contribution in [2.24, 2.45) is 0 Å². The van der Waals surface area contributed by atoms with Crippen LogP contribution in [0.15, 0.2) is 30.6 Å². The van der Waals surface area contributed by atoms with Crippen LogP contribution in [0, 0.1) is 0 Å². The van der Waals surface area contributed by atoms with Crippen LogP contribution in [-0.4, -0.2) is 43.2 Å². The Morgan fingerprint density at radius 2 is 1.47 bits per heavy atom. The molecular weight excluding hydrogens is 242 g/mol. The average Bonchev–Trinajstić information content (AvgIpc) is 2.43. The quantitative estimate of drug-likeness (QED) is 0.749. The highest BCUT2D eigenvalue weighted by Crippen LogP contribution is 2.02. The number of aromatic nitrogens is 1. The number of hydrogen-bond acceptors (Lipinski definition) is 5. The average molecular weight is 267 g/mol. The van der Waals surface area contributed by atoms with Gasteiger partial charge in [-0.3, -0.25) is 9.78 Å². The highest BCUT2D eigenvalue weighted by molar-refractivity contribution is 5.37. The second-order valence-corrected chi connectivity index (χ2v) is 4.85. The molecule has 0 saturated carbocycles. The van der Waals surface area contributed by atoms with E-state index in [0.29, 0.717) is 6.47 Å². The molecule has 0 unspecified atom stereocenters. The summed E-state index contributed by atoms with van der Waals surface area (Å²) in [4.78, 5) is 13.4. The highest BCUT2D eigenvalue weighted by atomic mass is 16.5. The minimum absolute atomic E-state index is 0.318. The van der Waals surface area contributed by atoms with Crippen molar-refractivity contribution in [3.05, 3.63) is 30.6 Å². The zero-order valence-corrected chi connectivity index (χ0v) is 12.1. The van der Waals surface area contributed by atoms with Gasteiger partial charge in [-0.25, -0.2) is 0 Å². The molecule has 1 fully saturated rings. The molecule has 1 aliphatic rings. The zero-order chi connectivity index (χ0) is 14.4. The fraction of sp³-hybridized carbons (Fsp3) is 0.571. The van der Waals surface area contributed by atoms with Gasteiger partial charge in [0.15, 0.2) is 0 Å². The summed E-state index contributed by atoms with van der Waals surface area (Å²) in [6, 6.07) is 5.72. The van der Waals surface area contributed by atoms with E-state index >= 15 is 0 Å². The van der Waals surface area contributed by atoms with Crippen LogP contribution in [0.2, 0.25) is 0 Å². The van der Waals surface area contributed by atoms with Gasteiger partial charge < -0.3 is 15.4 Å². The lowest BCUT2D eigenvalue weighted by atomic mass is 10.2. The summed E-state index contributed by atoms with van der Waals surface area (Å²) in [5.74, 6) is 0. The molecule has 1 aromatic heterocycles. The fourth-order valence-electron chi connectivity index (χ4n) is 1.06. The van der Waals surface area contributed by atoms with E-state index in [2.05, 4.69) is 20.4 Å². The molecule has 19 heavy (non-hydrogen) atoms. The lowest BCUT2D eigenvalue weighted by molar-refractivity contribution is -0.138. The van der Waals surface area contributed by atoms with Crippen LogP contribution in [-0.2, 0) is 9.53 Å². The summed E-state index contributed by atoms with van der Waals surface area (Å²) in [5, 5.41) is 6.44. The Bertz CT molecular complexity index is 257. The molecule has 0 spiro atoms. The lowest BCUT2D eigenvalue weighted by Gasteiger charge is -2.14. The Balaban J connectivity index is 0.000000256. The predicted octanol–water partition coefficient (Wildman–Crippen LogP) is 1.22. The van der Waals surface area contributed by atoms with E-state index in [9.17, 15) is 4.79 Å². The van der Waals surface area contributed by atoms with Crippen molar-refractivity contribution >= 4 is 6.47 Å². The van der Waals surface area contributed by atoms with Gasteiger partial charge in [-0.05, 0) is 32.9 Å². The minimum atomic E-state index is -0.318. The van der Waals surface area contributed by atoms with Gasteiger partial charge in [0.05, 0.1) is 0 Å². The second kappa shape index (κ2) is 11.6. The topological polar surface area (TPSA) is 63.2 Å². The molecule has 2 rings (SSSR count). The maximum atomic E-state index is 9.60. The SMILES string of the molecule is C1CNCCN1.CC(C)(C)OC=O.c1ccncc1. The first kappa shape index (κ1) is 17.5. The molecule has 1 saturated heterocycles. The molecule has 0 bridgehead atoms. The van der Waals surface area contributed by atoms with E-state index in [4.69, 9.17) is 0 Å². The van der Waals surface area contributed by atoms with Crippen molar-refractivity contribution in [1.29, 1.82) is 0 Å². The summed E-state index contributed by atoms with van der Waals surface area (Å²) >= 11 is 0. The molecular formula is C14H25N3O2. The molecule has 0 radical (unpaired) electrons. The van der Waals surface area contributed by atoms with Crippen molar-refractivity contribution in [3.8, 4) is 0 Å². The van der Waals surface area contributed by atoms with Crippen LogP contribution in [0.5, 0.6) is 0 Å². The maximum Gasteiger partial charge on any atom is 0.293 e. The number of pyridine rings is 1. The molecule has 5 heteroatoms. The zero-order valence-electron chi connectivity index (χ0n) is 12.1. The number of nitrogens with one attached hydrogen (secondary N) is 2. The fourth-order valence-corrected chi connectivity index (χ4v) is 1.06. The van der Waals surface area contributed by atoms with E-state index in [-0.39, 0.29) is 5.60 Å². The summed E-state index contributed by atoms with van der Waals surface area (Å²) in [6.45, 7) is 10.5. The normalized spacial score (nSPS) is 14.1. The first-order valence-corrected chi connectivity index (χ1v) is 6.44. The molecule has 5 nitrogen and oxygen atoms in total. The Morgan fingerprint density at radius 3 is 1.58 bits per heavy atom. The molecule has 0 aromatic carbocycles. The van der Waals surface area contributed by atoms with Crippen molar-refractivity contribution in [3.63, 3.8) is 0 Å². The van der Waals surface area contributed by atoms with Gasteiger partial charge in [0.25, 0.3) is 6.47 Å². The number of carbonyl (C=O) groups excluding carboxylic acids is 1. The Labute approximate surface area is 115 Å². The van der Waals surface area contributed by atoms with Crippen LogP contribution in [0.25, 0.3) is 0 Å². The van der Waals surface area contributed by atoms with Crippen LogP contribution >= 0.6 is 0 Å². The summed E-state index contributed by atoms with van der Waals surface area (Å²) in [6.07, 6.45) is 3.50. The highest BCUT2D eigenvalue weighted by Gasteiger charge is 2.07. The van der Waals surface area contributed by atoms with Crippen LogP contribution in [0.3, 0.4) is 0 Å². The van der Waals surface area contributed by atoms with Crippen LogP contribution < -0.4 is 10.6 Å². The van der Waals surface area contributed by atoms with Gasteiger partial charge in [0, 0.05) is 38.6 Å². The monoisotopic (exact) mass is 267 g/mol. The van der Waals surface area contributed by atoms with E-state index in [1.807, 2.05) is 39.0 Å². The molecule has 1 aromatic rings. The van der Waals surface area contributed by atoms with Crippen molar-refractivity contribution in [2.75, 3.05) is 26.2 Å². The third-order valence-electron chi connectivity index (χ3n) is 1.93. The van der Waals surface area contributed by atoms with Crippen molar-refractivity contribution < 1.29 is 9.53 Å². The number of piperazine rings is 1. The van der Waals surface area contributed by atoms with Gasteiger partial charge in [0.1, 0.15) is 5.60 Å². The summed E-state index contributed by atoms with van der Waals surface area (Å²) in [5.41, 5.74) is -0.318. The third kappa shape index (κ3) is 16.5. The summed E-state index contributed by atoms with van der Waals surface area (Å²) in [7, 11) is 0. The van der Waals surface area contributed by atoms with Crippen molar-refractivity contribution in [2.45, 2.75) is 26.4 Å². The number of hydrogen-bond donors (Lipinski definition) is 2. The van der Waals surface area contributed by atoms with Gasteiger partial charge in [-0.1, -0.05) is 6.07 Å². The van der Waals surface area contributed by atoms with Gasteiger partial charge in [0.2, 0.25) is 0 Å². The predicted molar refractivity (Wildman–Crippen MR) is 76.9 cm³/mol. The van der Waals surface area contributed by atoms with E-state index in [0.717, 1.165) is 26.2 Å². The maximum absolute atomic E-state index is 9.60. The van der Waals surface area contributed by atoms with Crippen molar-refractivity contribution in [1.82, 2.24) is 15.6 Å². The second-order valence-electron chi connectivity index (χ2n) is 4.85. The first-order chi connectivity index (χ1) is 9.06. The Morgan fingerprint density at radius 1 is 1.00 bits per heavy atom. The number of rotatable bonds is 1. The molecule has 0 amide bonds. The summed E-state index contributed by atoms with van der Waals surface area (Å²) < 4.78 is 4.55. The number of nitrogens with zero attached hydrogens (tertiary/aromatic N) is 1. The van der Waals surface area contributed by atoms with E-state index < -0.39 is 0 Å². The molecule has 108 valence electrons. The largest absolute Gasteiger partial charge is 0.462 e. The molecule has 0 aliphatic carbocycles. The van der Waals surface area contributed by atoms with Gasteiger partial charge in [-0.15, -0.1) is 0 Å². The standard InChI is InChI=1S/C5H5N.C5H10O2.C4H10N2/c1-2-4-6-5-3-1;1-5(2,3)7-4-6;1-2-6-4-3-5-1/h1-5H;4H,1-3H3;5-6H,1-4H2. The molecule has 0 atom stereocenters. The first-order valence-electron chi connectivity index (χ1n) is 6.44. The Kier molecular flexibility index (Phi) is 10.7. The van der Waals surface area contributed by atoms with E-state index in [1.165, 1.54) is 0 Å². The molecule has 2 N–H and O–H groups in total. The van der Waals surface area contributed by atoms with Gasteiger partial charge >= 0.3 is 0 Å². The minimum Gasteiger partial charge on any atom is -0.462 e. The molecule has 1 aliphatic heterocycles.